The highest BCUT2D eigenvalue weighted by molar-refractivity contribution is 5.76. The highest BCUT2D eigenvalue weighted by atomic mass is 16.1. The van der Waals surface area contributed by atoms with E-state index in [1.165, 1.54) is 5.56 Å². The van der Waals surface area contributed by atoms with Crippen LogP contribution in [0.4, 0.5) is 0 Å². The molecule has 1 saturated heterocycles. The summed E-state index contributed by atoms with van der Waals surface area (Å²) in [5.74, 6) is 0.764. The number of hydrogen-bond donors (Lipinski definition) is 2. The summed E-state index contributed by atoms with van der Waals surface area (Å²) in [5.41, 5.74) is 1.28. The Morgan fingerprint density at radius 2 is 2.00 bits per heavy atom. The Morgan fingerprint density at radius 3 is 2.68 bits per heavy atom. The first kappa shape index (κ1) is 14.1. The van der Waals surface area contributed by atoms with E-state index in [-0.39, 0.29) is 11.9 Å². The molecule has 3 heteroatoms. The maximum Gasteiger partial charge on any atom is 0.220 e. The number of amides is 1. The summed E-state index contributed by atoms with van der Waals surface area (Å²) in [7, 11) is 0. The molecule has 3 nitrogen and oxygen atoms in total. The molecule has 2 rings (SSSR count). The molecule has 0 bridgehead atoms. The Morgan fingerprint density at radius 1 is 1.32 bits per heavy atom. The molecule has 1 fully saturated rings. The number of rotatable bonds is 5. The summed E-state index contributed by atoms with van der Waals surface area (Å²) in [4.78, 5) is 12.0. The highest BCUT2D eigenvalue weighted by Gasteiger charge is 2.17. The normalized spacial score (nSPS) is 17.9. The lowest BCUT2D eigenvalue weighted by atomic mass is 9.94. The maximum atomic E-state index is 12.0. The average Bonchev–Trinajstić information content (AvgIpc) is 2.40. The first-order valence-corrected chi connectivity index (χ1v) is 7.28. The van der Waals surface area contributed by atoms with Gasteiger partial charge in [0, 0.05) is 12.5 Å². The van der Waals surface area contributed by atoms with Crippen molar-refractivity contribution in [3.63, 3.8) is 0 Å². The van der Waals surface area contributed by atoms with Crippen LogP contribution in [-0.4, -0.2) is 25.0 Å². The van der Waals surface area contributed by atoms with Crippen LogP contribution in [0.2, 0.25) is 0 Å². The molecule has 0 aliphatic carbocycles. The molecule has 19 heavy (non-hydrogen) atoms. The van der Waals surface area contributed by atoms with Crippen LogP contribution >= 0.6 is 0 Å². The smallest absolute Gasteiger partial charge is 0.220 e. The minimum atomic E-state index is 0.204. The van der Waals surface area contributed by atoms with Crippen molar-refractivity contribution >= 4 is 5.91 Å². The number of nitrogens with one attached hydrogen (secondary N) is 2. The van der Waals surface area contributed by atoms with Crippen LogP contribution < -0.4 is 10.6 Å². The van der Waals surface area contributed by atoms with Crippen LogP contribution in [0.15, 0.2) is 30.3 Å². The topological polar surface area (TPSA) is 41.1 Å². The van der Waals surface area contributed by atoms with Gasteiger partial charge in [-0.25, -0.2) is 0 Å². The fraction of sp³-hybridized carbons (Fsp3) is 0.562. The Hall–Kier alpha value is -1.35. The van der Waals surface area contributed by atoms with Crippen molar-refractivity contribution in [3.05, 3.63) is 35.9 Å². The maximum absolute atomic E-state index is 12.0. The van der Waals surface area contributed by atoms with Gasteiger partial charge in [0.2, 0.25) is 5.91 Å². The van der Waals surface area contributed by atoms with E-state index in [1.807, 2.05) is 18.2 Å². The van der Waals surface area contributed by atoms with Crippen molar-refractivity contribution in [1.29, 1.82) is 0 Å². The van der Waals surface area contributed by atoms with Crippen molar-refractivity contribution in [1.82, 2.24) is 10.6 Å². The second-order valence-electron chi connectivity index (χ2n) is 5.56. The van der Waals surface area contributed by atoms with Crippen molar-refractivity contribution in [2.45, 2.75) is 38.6 Å². The Balaban J connectivity index is 1.72. The third-order valence-electron chi connectivity index (χ3n) is 3.72. The fourth-order valence-corrected chi connectivity index (χ4v) is 2.70. The summed E-state index contributed by atoms with van der Waals surface area (Å²) in [6.07, 6.45) is 3.83. The quantitative estimate of drug-likeness (QED) is 0.851. The van der Waals surface area contributed by atoms with Gasteiger partial charge in [0.25, 0.3) is 0 Å². The molecule has 1 aromatic rings. The van der Waals surface area contributed by atoms with Crippen molar-refractivity contribution in [2.24, 2.45) is 5.92 Å². The van der Waals surface area contributed by atoms with E-state index < -0.39 is 0 Å². The molecule has 1 atom stereocenters. The van der Waals surface area contributed by atoms with E-state index in [0.717, 1.165) is 32.4 Å². The third kappa shape index (κ3) is 5.03. The molecule has 1 aliphatic rings. The summed E-state index contributed by atoms with van der Waals surface area (Å²) in [6, 6.07) is 10.5. The predicted octanol–water partition coefficient (Wildman–Crippen LogP) is 2.12. The Bertz CT molecular complexity index is 385. The summed E-state index contributed by atoms with van der Waals surface area (Å²) >= 11 is 0. The van der Waals surface area contributed by atoms with Crippen LogP contribution in [0.5, 0.6) is 0 Å². The Labute approximate surface area is 115 Å². The SMILES string of the molecule is CC(Cc1ccccc1)NC(=O)CC1CCNCC1. The number of hydrogen-bond acceptors (Lipinski definition) is 2. The van der Waals surface area contributed by atoms with Gasteiger partial charge in [-0.2, -0.15) is 0 Å². The molecule has 0 aromatic heterocycles. The number of piperidine rings is 1. The van der Waals surface area contributed by atoms with E-state index >= 15 is 0 Å². The first-order chi connectivity index (χ1) is 9.24. The van der Waals surface area contributed by atoms with Gasteiger partial charge < -0.3 is 10.6 Å². The van der Waals surface area contributed by atoms with Gasteiger partial charge in [-0.1, -0.05) is 30.3 Å². The zero-order valence-electron chi connectivity index (χ0n) is 11.7. The molecule has 0 radical (unpaired) electrons. The lowest BCUT2D eigenvalue weighted by Crippen LogP contribution is -2.37. The van der Waals surface area contributed by atoms with Gasteiger partial charge in [0.05, 0.1) is 0 Å². The lowest BCUT2D eigenvalue weighted by molar-refractivity contribution is -0.122. The molecule has 1 aliphatic heterocycles. The Kier molecular flexibility index (Phi) is 5.40. The third-order valence-corrected chi connectivity index (χ3v) is 3.72. The number of benzene rings is 1. The molecular formula is C16H24N2O. The van der Waals surface area contributed by atoms with Gasteiger partial charge in [0.15, 0.2) is 0 Å². The molecule has 0 saturated carbocycles. The van der Waals surface area contributed by atoms with Crippen LogP contribution in [-0.2, 0) is 11.2 Å². The molecular weight excluding hydrogens is 236 g/mol. The standard InChI is InChI=1S/C16H24N2O/c1-13(11-14-5-3-2-4-6-14)18-16(19)12-15-7-9-17-10-8-15/h2-6,13,15,17H,7-12H2,1H3,(H,18,19). The first-order valence-electron chi connectivity index (χ1n) is 7.28. The minimum absolute atomic E-state index is 0.204. The second-order valence-corrected chi connectivity index (χ2v) is 5.56. The van der Waals surface area contributed by atoms with E-state index in [9.17, 15) is 4.79 Å². The molecule has 1 heterocycles. The van der Waals surface area contributed by atoms with Crippen LogP contribution in [0.1, 0.15) is 31.7 Å². The summed E-state index contributed by atoms with van der Waals surface area (Å²) in [6.45, 7) is 4.18. The van der Waals surface area contributed by atoms with Gasteiger partial charge in [0.1, 0.15) is 0 Å². The van der Waals surface area contributed by atoms with Crippen LogP contribution in [0.25, 0.3) is 0 Å². The largest absolute Gasteiger partial charge is 0.353 e. The van der Waals surface area contributed by atoms with Gasteiger partial charge >= 0.3 is 0 Å². The molecule has 2 N–H and O–H groups in total. The van der Waals surface area contributed by atoms with E-state index in [0.29, 0.717) is 12.3 Å². The molecule has 104 valence electrons. The number of carbonyl (C=O) groups excluding carboxylic acids is 1. The molecule has 1 aromatic carbocycles. The van der Waals surface area contributed by atoms with Gasteiger partial charge in [-0.15, -0.1) is 0 Å². The zero-order valence-corrected chi connectivity index (χ0v) is 11.7. The second kappa shape index (κ2) is 7.29. The highest BCUT2D eigenvalue weighted by Crippen LogP contribution is 2.15. The number of carbonyl (C=O) groups is 1. The predicted molar refractivity (Wildman–Crippen MR) is 78.0 cm³/mol. The van der Waals surface area contributed by atoms with E-state index in [2.05, 4.69) is 29.7 Å². The van der Waals surface area contributed by atoms with Crippen molar-refractivity contribution < 1.29 is 4.79 Å². The fourth-order valence-electron chi connectivity index (χ4n) is 2.70. The summed E-state index contributed by atoms with van der Waals surface area (Å²) < 4.78 is 0. The lowest BCUT2D eigenvalue weighted by Gasteiger charge is -2.23. The van der Waals surface area contributed by atoms with Crippen molar-refractivity contribution in [2.75, 3.05) is 13.1 Å². The van der Waals surface area contributed by atoms with Crippen LogP contribution in [0, 0.1) is 5.92 Å². The van der Waals surface area contributed by atoms with Crippen LogP contribution in [0.3, 0.4) is 0 Å². The average molecular weight is 260 g/mol. The van der Waals surface area contributed by atoms with E-state index in [4.69, 9.17) is 0 Å². The van der Waals surface area contributed by atoms with Gasteiger partial charge in [-0.05, 0) is 50.8 Å². The molecule has 1 unspecified atom stereocenters. The zero-order chi connectivity index (χ0) is 13.5. The van der Waals surface area contributed by atoms with E-state index in [1.54, 1.807) is 0 Å². The molecule has 0 spiro atoms. The van der Waals surface area contributed by atoms with Crippen molar-refractivity contribution in [3.8, 4) is 0 Å². The van der Waals surface area contributed by atoms with Gasteiger partial charge in [-0.3, -0.25) is 4.79 Å². The molecule has 1 amide bonds. The summed E-state index contributed by atoms with van der Waals surface area (Å²) in [5, 5.41) is 6.45. The monoisotopic (exact) mass is 260 g/mol. The minimum Gasteiger partial charge on any atom is -0.353 e.